The van der Waals surface area contributed by atoms with Gasteiger partial charge in [0, 0.05) is 18.2 Å². The number of rotatable bonds is 6. The van der Waals surface area contributed by atoms with Gasteiger partial charge in [-0.05, 0) is 38.8 Å². The van der Waals surface area contributed by atoms with Crippen molar-refractivity contribution in [3.63, 3.8) is 0 Å². The van der Waals surface area contributed by atoms with Crippen LogP contribution < -0.4 is 4.74 Å². The van der Waals surface area contributed by atoms with E-state index in [0.29, 0.717) is 24.3 Å². The van der Waals surface area contributed by atoms with Gasteiger partial charge in [0.15, 0.2) is 11.9 Å². The van der Waals surface area contributed by atoms with Crippen LogP contribution >= 0.6 is 0 Å². The van der Waals surface area contributed by atoms with Crippen molar-refractivity contribution in [2.24, 2.45) is 0 Å². The summed E-state index contributed by atoms with van der Waals surface area (Å²) in [5.41, 5.74) is 0.520. The number of Topliss-reactive ketones (excluding diaryl/α,β-unsaturated/α-hetero) is 1. The number of carboxylic acids is 1. The van der Waals surface area contributed by atoms with Gasteiger partial charge >= 0.3 is 5.97 Å². The van der Waals surface area contributed by atoms with Crippen LogP contribution in [0.25, 0.3) is 0 Å². The fourth-order valence-electron chi connectivity index (χ4n) is 2.82. The number of hydrogen-bond acceptors (Lipinski definition) is 4. The Kier molecular flexibility index (Phi) is 5.36. The Labute approximate surface area is 135 Å². The van der Waals surface area contributed by atoms with Gasteiger partial charge in [-0.3, -0.25) is 14.4 Å². The summed E-state index contributed by atoms with van der Waals surface area (Å²) in [4.78, 5) is 36.4. The van der Waals surface area contributed by atoms with Crippen LogP contribution in [0.4, 0.5) is 0 Å². The van der Waals surface area contributed by atoms with Crippen LogP contribution in [0.5, 0.6) is 5.75 Å². The SMILES string of the molecule is CC(=O)c1cccc(OC(C)C(=O)N2CCCC2CC(=O)O)c1. The van der Waals surface area contributed by atoms with E-state index in [0.717, 1.165) is 6.42 Å². The van der Waals surface area contributed by atoms with Crippen molar-refractivity contribution in [3.8, 4) is 5.75 Å². The standard InChI is InChI=1S/C17H21NO5/c1-11(19)13-5-3-7-15(9-13)23-12(2)17(22)18-8-4-6-14(18)10-16(20)21/h3,5,7,9,12,14H,4,6,8,10H2,1-2H3,(H,20,21). The summed E-state index contributed by atoms with van der Waals surface area (Å²) in [6.07, 6.45) is 0.727. The lowest BCUT2D eigenvalue weighted by molar-refractivity contribution is -0.142. The summed E-state index contributed by atoms with van der Waals surface area (Å²) in [6.45, 7) is 3.66. The number of nitrogens with zero attached hydrogens (tertiary/aromatic N) is 1. The number of carbonyl (C=O) groups excluding carboxylic acids is 2. The molecule has 1 aliphatic heterocycles. The highest BCUT2D eigenvalue weighted by Gasteiger charge is 2.33. The largest absolute Gasteiger partial charge is 0.481 e. The van der Waals surface area contributed by atoms with Crippen LogP contribution in [-0.2, 0) is 9.59 Å². The molecule has 0 bridgehead atoms. The Morgan fingerprint density at radius 1 is 1.39 bits per heavy atom. The highest BCUT2D eigenvalue weighted by molar-refractivity contribution is 5.94. The molecule has 1 aromatic rings. The number of hydrogen-bond donors (Lipinski definition) is 1. The van der Waals surface area contributed by atoms with Crippen LogP contribution in [0.3, 0.4) is 0 Å². The molecule has 23 heavy (non-hydrogen) atoms. The molecule has 6 heteroatoms. The molecule has 6 nitrogen and oxygen atoms in total. The van der Waals surface area contributed by atoms with Gasteiger partial charge in [-0.2, -0.15) is 0 Å². The molecule has 0 spiro atoms. The number of likely N-dealkylation sites (tertiary alicyclic amines) is 1. The zero-order chi connectivity index (χ0) is 17.0. The molecule has 1 aliphatic rings. The second-order valence-electron chi connectivity index (χ2n) is 5.77. The zero-order valence-corrected chi connectivity index (χ0v) is 13.3. The third-order valence-electron chi connectivity index (χ3n) is 3.97. The molecule has 0 saturated carbocycles. The van der Waals surface area contributed by atoms with Gasteiger partial charge in [0.1, 0.15) is 5.75 Å². The van der Waals surface area contributed by atoms with Gasteiger partial charge < -0.3 is 14.7 Å². The van der Waals surface area contributed by atoms with Crippen molar-refractivity contribution in [2.45, 2.75) is 45.3 Å². The molecular formula is C17H21NO5. The minimum atomic E-state index is -0.905. The molecule has 0 aliphatic carbocycles. The predicted molar refractivity (Wildman–Crippen MR) is 83.5 cm³/mol. The molecular weight excluding hydrogens is 298 g/mol. The van der Waals surface area contributed by atoms with Gasteiger partial charge in [-0.25, -0.2) is 0 Å². The Morgan fingerprint density at radius 2 is 2.13 bits per heavy atom. The van der Waals surface area contributed by atoms with Crippen molar-refractivity contribution >= 4 is 17.7 Å². The number of carboxylic acid groups (broad SMARTS) is 1. The van der Waals surface area contributed by atoms with Crippen molar-refractivity contribution in [1.82, 2.24) is 4.90 Å². The van der Waals surface area contributed by atoms with Crippen LogP contribution in [0.2, 0.25) is 0 Å². The quantitative estimate of drug-likeness (QED) is 0.812. The van der Waals surface area contributed by atoms with E-state index in [4.69, 9.17) is 9.84 Å². The first-order valence-corrected chi connectivity index (χ1v) is 7.68. The van der Waals surface area contributed by atoms with Gasteiger partial charge in [-0.1, -0.05) is 12.1 Å². The molecule has 1 N–H and O–H groups in total. The maximum atomic E-state index is 12.5. The van der Waals surface area contributed by atoms with E-state index in [1.165, 1.54) is 6.92 Å². The van der Waals surface area contributed by atoms with Gasteiger partial charge in [0.2, 0.25) is 0 Å². The first kappa shape index (κ1) is 17.0. The normalized spacial score (nSPS) is 18.5. The molecule has 2 rings (SSSR count). The molecule has 1 heterocycles. The van der Waals surface area contributed by atoms with E-state index in [2.05, 4.69) is 0 Å². The molecule has 0 aromatic heterocycles. The zero-order valence-electron chi connectivity index (χ0n) is 13.3. The Hall–Kier alpha value is -2.37. The lowest BCUT2D eigenvalue weighted by Gasteiger charge is -2.26. The molecule has 0 radical (unpaired) electrons. The van der Waals surface area contributed by atoms with Gasteiger partial charge in [0.05, 0.1) is 6.42 Å². The predicted octanol–water partition coefficient (Wildman–Crippen LogP) is 2.12. The molecule has 1 aromatic carbocycles. The third-order valence-corrected chi connectivity index (χ3v) is 3.97. The summed E-state index contributed by atoms with van der Waals surface area (Å²) in [5.74, 6) is -0.748. The highest BCUT2D eigenvalue weighted by atomic mass is 16.5. The average Bonchev–Trinajstić information content (AvgIpc) is 2.93. The van der Waals surface area contributed by atoms with Crippen LogP contribution in [0.15, 0.2) is 24.3 Å². The summed E-state index contributed by atoms with van der Waals surface area (Å²) in [7, 11) is 0. The van der Waals surface area contributed by atoms with E-state index < -0.39 is 12.1 Å². The molecule has 1 saturated heterocycles. The van der Waals surface area contributed by atoms with Crippen molar-refractivity contribution in [2.75, 3.05) is 6.54 Å². The lowest BCUT2D eigenvalue weighted by atomic mass is 10.1. The first-order chi connectivity index (χ1) is 10.9. The summed E-state index contributed by atoms with van der Waals surface area (Å²) in [5, 5.41) is 8.93. The monoisotopic (exact) mass is 319 g/mol. The topological polar surface area (TPSA) is 83.9 Å². The Balaban J connectivity index is 2.03. The number of aliphatic carboxylic acids is 1. The van der Waals surface area contributed by atoms with Crippen molar-refractivity contribution in [1.29, 1.82) is 0 Å². The smallest absolute Gasteiger partial charge is 0.305 e. The van der Waals surface area contributed by atoms with E-state index in [1.807, 2.05) is 0 Å². The summed E-state index contributed by atoms with van der Waals surface area (Å²) >= 11 is 0. The highest BCUT2D eigenvalue weighted by Crippen LogP contribution is 2.23. The number of carbonyl (C=O) groups is 3. The number of benzene rings is 1. The summed E-state index contributed by atoms with van der Waals surface area (Å²) in [6, 6.07) is 6.41. The van der Waals surface area contributed by atoms with E-state index in [1.54, 1.807) is 36.1 Å². The second-order valence-corrected chi connectivity index (χ2v) is 5.77. The molecule has 2 atom stereocenters. The van der Waals surface area contributed by atoms with E-state index >= 15 is 0 Å². The Morgan fingerprint density at radius 3 is 2.78 bits per heavy atom. The minimum Gasteiger partial charge on any atom is -0.481 e. The molecule has 1 fully saturated rings. The number of ketones is 1. The van der Waals surface area contributed by atoms with Crippen molar-refractivity contribution < 1.29 is 24.2 Å². The van der Waals surface area contributed by atoms with Crippen LogP contribution in [0, 0.1) is 0 Å². The van der Waals surface area contributed by atoms with Gasteiger partial charge in [0.25, 0.3) is 5.91 Å². The molecule has 1 amide bonds. The second kappa shape index (κ2) is 7.26. The van der Waals surface area contributed by atoms with E-state index in [9.17, 15) is 14.4 Å². The van der Waals surface area contributed by atoms with Crippen LogP contribution in [-0.4, -0.2) is 46.4 Å². The van der Waals surface area contributed by atoms with Crippen LogP contribution in [0.1, 0.15) is 43.5 Å². The molecule has 2 unspecified atom stereocenters. The molecule has 124 valence electrons. The maximum absolute atomic E-state index is 12.5. The van der Waals surface area contributed by atoms with E-state index in [-0.39, 0.29) is 24.2 Å². The number of ether oxygens (including phenoxy) is 1. The van der Waals surface area contributed by atoms with Gasteiger partial charge in [-0.15, -0.1) is 0 Å². The number of amides is 1. The Bertz CT molecular complexity index is 613. The fourth-order valence-corrected chi connectivity index (χ4v) is 2.82. The average molecular weight is 319 g/mol. The summed E-state index contributed by atoms with van der Waals surface area (Å²) < 4.78 is 5.64. The lowest BCUT2D eigenvalue weighted by Crippen LogP contribution is -2.43. The van der Waals surface area contributed by atoms with Crippen molar-refractivity contribution in [3.05, 3.63) is 29.8 Å². The third kappa shape index (κ3) is 4.31. The fraction of sp³-hybridized carbons (Fsp3) is 0.471. The minimum absolute atomic E-state index is 0.0434. The first-order valence-electron chi connectivity index (χ1n) is 7.68. The maximum Gasteiger partial charge on any atom is 0.305 e.